The molecule has 0 aromatic heterocycles. The molecular weight excluding hydrogens is 428 g/mol. The minimum absolute atomic E-state index is 0.0584. The Morgan fingerprint density at radius 3 is 1.23 bits per heavy atom. The molecule has 5 aromatic rings. The first-order chi connectivity index (χ1) is 17.3. The highest BCUT2D eigenvalue weighted by Gasteiger charge is 2.20. The van der Waals surface area contributed by atoms with E-state index in [4.69, 9.17) is 0 Å². The number of carbonyl (C=O) groups excluding carboxylic acids is 1. The van der Waals surface area contributed by atoms with Crippen molar-refractivity contribution in [3.8, 4) is 0 Å². The highest BCUT2D eigenvalue weighted by Crippen LogP contribution is 2.29. The normalized spacial score (nSPS) is 10.5. The topological polar surface area (TPSA) is 23.6 Å². The molecule has 3 heteroatoms. The largest absolute Gasteiger partial charge is 0.337 e. The molecule has 3 nitrogen and oxygen atoms in total. The van der Waals surface area contributed by atoms with Gasteiger partial charge in [-0.15, -0.1) is 0 Å². The van der Waals surface area contributed by atoms with Crippen LogP contribution in [0.15, 0.2) is 146 Å². The van der Waals surface area contributed by atoms with Gasteiger partial charge in [-0.05, 0) is 66.2 Å². The van der Waals surface area contributed by atoms with Gasteiger partial charge >= 0.3 is 0 Å². The van der Waals surface area contributed by atoms with Gasteiger partial charge in [-0.3, -0.25) is 9.69 Å². The van der Waals surface area contributed by atoms with E-state index in [0.717, 1.165) is 28.3 Å². The van der Waals surface area contributed by atoms with Crippen LogP contribution in [0.5, 0.6) is 0 Å². The van der Waals surface area contributed by atoms with E-state index in [0.29, 0.717) is 12.1 Å². The molecule has 0 atom stereocenters. The summed E-state index contributed by atoms with van der Waals surface area (Å²) in [5.41, 5.74) is 5.70. The SMILES string of the molecule is O=C(c1ccc(CN(c2ccccc2)c2ccccc2)cc1)N(c1ccccc1)c1ccccc1. The van der Waals surface area contributed by atoms with E-state index in [-0.39, 0.29) is 5.91 Å². The van der Waals surface area contributed by atoms with Crippen molar-refractivity contribution in [3.63, 3.8) is 0 Å². The van der Waals surface area contributed by atoms with Gasteiger partial charge in [0.2, 0.25) is 0 Å². The number of benzene rings is 5. The van der Waals surface area contributed by atoms with Crippen molar-refractivity contribution in [2.75, 3.05) is 9.80 Å². The van der Waals surface area contributed by atoms with Gasteiger partial charge in [-0.25, -0.2) is 0 Å². The Bertz CT molecular complexity index is 1270. The van der Waals surface area contributed by atoms with Crippen LogP contribution in [-0.2, 0) is 6.54 Å². The lowest BCUT2D eigenvalue weighted by atomic mass is 10.1. The maximum absolute atomic E-state index is 13.6. The van der Waals surface area contributed by atoms with Gasteiger partial charge in [0.05, 0.1) is 0 Å². The molecule has 0 spiro atoms. The van der Waals surface area contributed by atoms with E-state index in [9.17, 15) is 4.79 Å². The molecule has 0 saturated carbocycles. The Labute approximate surface area is 206 Å². The van der Waals surface area contributed by atoms with Crippen molar-refractivity contribution in [2.24, 2.45) is 0 Å². The van der Waals surface area contributed by atoms with E-state index in [2.05, 4.69) is 53.4 Å². The molecule has 0 bridgehead atoms. The first-order valence-electron chi connectivity index (χ1n) is 11.7. The highest BCUT2D eigenvalue weighted by molar-refractivity contribution is 6.10. The van der Waals surface area contributed by atoms with Gasteiger partial charge in [0.15, 0.2) is 0 Å². The number of nitrogens with zero attached hydrogens (tertiary/aromatic N) is 2. The number of hydrogen-bond acceptors (Lipinski definition) is 2. The van der Waals surface area contributed by atoms with Crippen LogP contribution in [0.3, 0.4) is 0 Å². The predicted molar refractivity (Wildman–Crippen MR) is 145 cm³/mol. The molecule has 170 valence electrons. The Kier molecular flexibility index (Phi) is 6.67. The zero-order chi connectivity index (χ0) is 23.9. The Hall–Kier alpha value is -4.63. The Morgan fingerprint density at radius 1 is 0.457 bits per heavy atom. The molecule has 0 aliphatic carbocycles. The molecule has 35 heavy (non-hydrogen) atoms. The molecule has 0 saturated heterocycles. The fourth-order valence-electron chi connectivity index (χ4n) is 4.15. The van der Waals surface area contributed by atoms with Crippen molar-refractivity contribution in [3.05, 3.63) is 157 Å². The summed E-state index contributed by atoms with van der Waals surface area (Å²) in [5.74, 6) is -0.0584. The first-order valence-corrected chi connectivity index (χ1v) is 11.7. The maximum Gasteiger partial charge on any atom is 0.262 e. The summed E-state index contributed by atoms with van der Waals surface area (Å²) in [6, 6.07) is 48.2. The second-order valence-electron chi connectivity index (χ2n) is 8.27. The zero-order valence-corrected chi connectivity index (χ0v) is 19.4. The number of hydrogen-bond donors (Lipinski definition) is 0. The monoisotopic (exact) mass is 454 g/mol. The fourth-order valence-corrected chi connectivity index (χ4v) is 4.15. The molecule has 0 aliphatic rings. The van der Waals surface area contributed by atoms with E-state index >= 15 is 0 Å². The van der Waals surface area contributed by atoms with Gasteiger partial charge in [0, 0.05) is 34.9 Å². The third-order valence-corrected chi connectivity index (χ3v) is 5.91. The van der Waals surface area contributed by atoms with Gasteiger partial charge in [-0.1, -0.05) is 84.9 Å². The highest BCUT2D eigenvalue weighted by atomic mass is 16.2. The average molecular weight is 455 g/mol. The summed E-state index contributed by atoms with van der Waals surface area (Å²) in [5, 5.41) is 0. The lowest BCUT2D eigenvalue weighted by Gasteiger charge is -2.26. The van der Waals surface area contributed by atoms with Crippen molar-refractivity contribution >= 4 is 28.7 Å². The van der Waals surface area contributed by atoms with Crippen LogP contribution in [0.25, 0.3) is 0 Å². The van der Waals surface area contributed by atoms with Crippen LogP contribution >= 0.6 is 0 Å². The fraction of sp³-hybridized carbons (Fsp3) is 0.0312. The van der Waals surface area contributed by atoms with E-state index in [1.54, 1.807) is 4.90 Å². The predicted octanol–water partition coefficient (Wildman–Crippen LogP) is 8.00. The van der Waals surface area contributed by atoms with Crippen molar-refractivity contribution in [1.82, 2.24) is 0 Å². The Balaban J connectivity index is 1.43. The summed E-state index contributed by atoms with van der Waals surface area (Å²) in [6.45, 7) is 0.698. The summed E-state index contributed by atoms with van der Waals surface area (Å²) < 4.78 is 0. The molecule has 0 fully saturated rings. The van der Waals surface area contributed by atoms with Crippen LogP contribution in [0.2, 0.25) is 0 Å². The van der Waals surface area contributed by atoms with Crippen LogP contribution in [-0.4, -0.2) is 5.91 Å². The molecule has 0 N–H and O–H groups in total. The molecule has 5 aromatic carbocycles. The van der Waals surface area contributed by atoms with Crippen molar-refractivity contribution in [1.29, 1.82) is 0 Å². The van der Waals surface area contributed by atoms with Crippen LogP contribution in [0.4, 0.5) is 22.7 Å². The number of amides is 1. The molecule has 1 amide bonds. The second kappa shape index (κ2) is 10.5. The smallest absolute Gasteiger partial charge is 0.262 e. The maximum atomic E-state index is 13.6. The molecule has 0 unspecified atom stereocenters. The van der Waals surface area contributed by atoms with Crippen LogP contribution < -0.4 is 9.80 Å². The van der Waals surface area contributed by atoms with Crippen LogP contribution in [0.1, 0.15) is 15.9 Å². The van der Waals surface area contributed by atoms with Gasteiger partial charge < -0.3 is 4.90 Å². The summed E-state index contributed by atoms with van der Waals surface area (Å²) in [7, 11) is 0. The summed E-state index contributed by atoms with van der Waals surface area (Å²) in [4.78, 5) is 17.7. The minimum atomic E-state index is -0.0584. The van der Waals surface area contributed by atoms with Gasteiger partial charge in [0.1, 0.15) is 0 Å². The third-order valence-electron chi connectivity index (χ3n) is 5.91. The third kappa shape index (κ3) is 5.15. The number of carbonyl (C=O) groups is 1. The van der Waals surface area contributed by atoms with Crippen molar-refractivity contribution < 1.29 is 4.79 Å². The minimum Gasteiger partial charge on any atom is -0.337 e. The summed E-state index contributed by atoms with van der Waals surface area (Å²) >= 11 is 0. The molecule has 0 radical (unpaired) electrons. The number of rotatable bonds is 7. The number of anilines is 4. The molecule has 0 aliphatic heterocycles. The molecule has 0 heterocycles. The summed E-state index contributed by atoms with van der Waals surface area (Å²) in [6.07, 6.45) is 0. The average Bonchev–Trinajstić information content (AvgIpc) is 2.94. The van der Waals surface area contributed by atoms with Crippen LogP contribution in [0, 0.1) is 0 Å². The lowest BCUT2D eigenvalue weighted by molar-refractivity contribution is 0.0999. The van der Waals surface area contributed by atoms with Crippen molar-refractivity contribution in [2.45, 2.75) is 6.54 Å². The molecule has 5 rings (SSSR count). The van der Waals surface area contributed by atoms with Gasteiger partial charge in [-0.2, -0.15) is 0 Å². The molecular formula is C32H26N2O. The lowest BCUT2D eigenvalue weighted by Crippen LogP contribution is -2.26. The first kappa shape index (κ1) is 22.2. The standard InChI is InChI=1S/C32H26N2O/c35-32(34(30-17-9-3-10-18-30)31-19-11-4-12-20-31)27-23-21-26(22-24-27)25-33(28-13-5-1-6-14-28)29-15-7-2-8-16-29/h1-24H,25H2. The van der Waals surface area contributed by atoms with E-state index < -0.39 is 0 Å². The van der Waals surface area contributed by atoms with E-state index in [1.807, 2.05) is 97.1 Å². The Morgan fingerprint density at radius 2 is 0.829 bits per heavy atom. The number of para-hydroxylation sites is 4. The van der Waals surface area contributed by atoms with E-state index in [1.165, 1.54) is 0 Å². The van der Waals surface area contributed by atoms with Gasteiger partial charge in [0.25, 0.3) is 5.91 Å². The quantitative estimate of drug-likeness (QED) is 0.249. The zero-order valence-electron chi connectivity index (χ0n) is 19.4. The second-order valence-corrected chi connectivity index (χ2v) is 8.27.